The van der Waals surface area contributed by atoms with Crippen molar-refractivity contribution in [3.05, 3.63) is 0 Å². The second-order valence-corrected chi connectivity index (χ2v) is 3.05. The topological polar surface area (TPSA) is 44.2 Å². The number of hydrogen-bond donors (Lipinski definition) is 1. The number of carbonyl (C=O) groups excluding carboxylic acids is 1. The minimum Gasteiger partial charge on any atom is -0.351 e. The maximum absolute atomic E-state index is 11.0. The molecule has 1 atom stereocenters. The van der Waals surface area contributed by atoms with E-state index in [1.807, 2.05) is 4.90 Å². The molecule has 1 aliphatic rings. The van der Waals surface area contributed by atoms with Crippen molar-refractivity contribution in [2.75, 3.05) is 6.54 Å². The van der Waals surface area contributed by atoms with Gasteiger partial charge in [-0.15, -0.1) is 0 Å². The second kappa shape index (κ2) is 3.03. The molecule has 3 nitrogen and oxygen atoms in total. The van der Waals surface area contributed by atoms with Crippen LogP contribution in [-0.2, 0) is 4.79 Å². The van der Waals surface area contributed by atoms with E-state index in [2.05, 4.69) is 0 Å². The standard InChI is InChI=1S/C8H14N2O/c1-6(11)8-4-3-5-10(8)7(2)9/h8-9H,3-5H2,1-2H3. The first-order valence-corrected chi connectivity index (χ1v) is 3.95. The molecule has 1 saturated heterocycles. The number of nitrogens with zero attached hydrogens (tertiary/aromatic N) is 1. The van der Waals surface area contributed by atoms with Gasteiger partial charge >= 0.3 is 0 Å². The van der Waals surface area contributed by atoms with Gasteiger partial charge in [-0.1, -0.05) is 0 Å². The Kier molecular flexibility index (Phi) is 2.27. The highest BCUT2D eigenvalue weighted by molar-refractivity contribution is 5.88. The highest BCUT2D eigenvalue weighted by atomic mass is 16.1. The van der Waals surface area contributed by atoms with E-state index in [0.29, 0.717) is 5.84 Å². The molecule has 0 radical (unpaired) electrons. The van der Waals surface area contributed by atoms with Gasteiger partial charge in [-0.25, -0.2) is 0 Å². The van der Waals surface area contributed by atoms with Crippen molar-refractivity contribution in [3.8, 4) is 0 Å². The quantitative estimate of drug-likeness (QED) is 0.453. The highest BCUT2D eigenvalue weighted by Crippen LogP contribution is 2.17. The van der Waals surface area contributed by atoms with Crippen molar-refractivity contribution in [1.29, 1.82) is 5.41 Å². The molecule has 1 heterocycles. The normalized spacial score (nSPS) is 23.8. The molecule has 1 rings (SSSR count). The molecule has 0 bridgehead atoms. The molecule has 1 N–H and O–H groups in total. The number of nitrogens with one attached hydrogen (secondary N) is 1. The lowest BCUT2D eigenvalue weighted by Gasteiger charge is -2.22. The third-order valence-corrected chi connectivity index (χ3v) is 2.15. The van der Waals surface area contributed by atoms with Crippen LogP contribution in [0.15, 0.2) is 0 Å². The number of rotatable bonds is 1. The summed E-state index contributed by atoms with van der Waals surface area (Å²) in [5.41, 5.74) is 0. The number of carbonyl (C=O) groups is 1. The van der Waals surface area contributed by atoms with Gasteiger partial charge in [0.2, 0.25) is 0 Å². The summed E-state index contributed by atoms with van der Waals surface area (Å²) in [6.45, 7) is 4.22. The summed E-state index contributed by atoms with van der Waals surface area (Å²) in [4.78, 5) is 12.9. The molecule has 0 spiro atoms. The van der Waals surface area contributed by atoms with Gasteiger partial charge in [0, 0.05) is 6.54 Å². The molecule has 1 aliphatic heterocycles. The zero-order chi connectivity index (χ0) is 8.43. The van der Waals surface area contributed by atoms with Gasteiger partial charge in [-0.3, -0.25) is 10.2 Å². The Morgan fingerprint density at radius 2 is 2.18 bits per heavy atom. The van der Waals surface area contributed by atoms with Crippen molar-refractivity contribution in [3.63, 3.8) is 0 Å². The molecule has 0 amide bonds. The van der Waals surface area contributed by atoms with Crippen molar-refractivity contribution in [2.45, 2.75) is 32.7 Å². The fourth-order valence-corrected chi connectivity index (χ4v) is 1.59. The molecule has 0 aromatic rings. The number of amidine groups is 1. The van der Waals surface area contributed by atoms with Crippen LogP contribution >= 0.6 is 0 Å². The fraction of sp³-hybridized carbons (Fsp3) is 0.750. The van der Waals surface area contributed by atoms with Crippen LogP contribution in [0.4, 0.5) is 0 Å². The van der Waals surface area contributed by atoms with Gasteiger partial charge in [0.1, 0.15) is 0 Å². The van der Waals surface area contributed by atoms with Crippen LogP contribution in [0.3, 0.4) is 0 Å². The summed E-state index contributed by atoms with van der Waals surface area (Å²) in [5, 5.41) is 7.39. The van der Waals surface area contributed by atoms with E-state index in [-0.39, 0.29) is 11.8 Å². The monoisotopic (exact) mass is 154 g/mol. The number of Topliss-reactive ketones (excluding diaryl/α,β-unsaturated/α-hetero) is 1. The largest absolute Gasteiger partial charge is 0.351 e. The third kappa shape index (κ3) is 1.59. The van der Waals surface area contributed by atoms with Crippen LogP contribution in [0.5, 0.6) is 0 Å². The van der Waals surface area contributed by atoms with Gasteiger partial charge in [0.05, 0.1) is 11.9 Å². The van der Waals surface area contributed by atoms with E-state index in [4.69, 9.17) is 5.41 Å². The zero-order valence-electron chi connectivity index (χ0n) is 7.05. The molecule has 3 heteroatoms. The Balaban J connectivity index is 2.65. The van der Waals surface area contributed by atoms with Crippen LogP contribution in [0.1, 0.15) is 26.7 Å². The lowest BCUT2D eigenvalue weighted by atomic mass is 10.1. The first-order valence-electron chi connectivity index (χ1n) is 3.95. The Morgan fingerprint density at radius 1 is 1.55 bits per heavy atom. The highest BCUT2D eigenvalue weighted by Gasteiger charge is 2.27. The molecule has 0 saturated carbocycles. The van der Waals surface area contributed by atoms with E-state index < -0.39 is 0 Å². The van der Waals surface area contributed by atoms with E-state index in [1.54, 1.807) is 13.8 Å². The summed E-state index contributed by atoms with van der Waals surface area (Å²) < 4.78 is 0. The van der Waals surface area contributed by atoms with Crippen molar-refractivity contribution >= 4 is 11.6 Å². The minimum absolute atomic E-state index is 0.00694. The molecule has 62 valence electrons. The molecular formula is C8H14N2O. The minimum atomic E-state index is -0.00694. The van der Waals surface area contributed by atoms with Gasteiger partial charge < -0.3 is 4.90 Å². The summed E-state index contributed by atoms with van der Waals surface area (Å²) in [5.74, 6) is 0.705. The SMILES string of the molecule is CC(=N)N1CCCC1C(C)=O. The smallest absolute Gasteiger partial charge is 0.152 e. The van der Waals surface area contributed by atoms with Crippen molar-refractivity contribution in [1.82, 2.24) is 4.90 Å². The number of hydrogen-bond acceptors (Lipinski definition) is 2. The Hall–Kier alpha value is -0.860. The molecule has 11 heavy (non-hydrogen) atoms. The van der Waals surface area contributed by atoms with E-state index >= 15 is 0 Å². The summed E-state index contributed by atoms with van der Waals surface area (Å²) >= 11 is 0. The fourth-order valence-electron chi connectivity index (χ4n) is 1.59. The van der Waals surface area contributed by atoms with Crippen molar-refractivity contribution < 1.29 is 4.79 Å². The molecule has 1 unspecified atom stereocenters. The van der Waals surface area contributed by atoms with E-state index in [9.17, 15) is 4.79 Å². The van der Waals surface area contributed by atoms with Crippen LogP contribution in [-0.4, -0.2) is 29.1 Å². The van der Waals surface area contributed by atoms with Crippen LogP contribution < -0.4 is 0 Å². The van der Waals surface area contributed by atoms with E-state index in [1.165, 1.54) is 0 Å². The average Bonchev–Trinajstić information content (AvgIpc) is 2.32. The summed E-state index contributed by atoms with van der Waals surface area (Å²) in [6.07, 6.45) is 1.96. The molecule has 0 aromatic carbocycles. The molecule has 0 aliphatic carbocycles. The zero-order valence-corrected chi connectivity index (χ0v) is 7.05. The molecule has 1 fully saturated rings. The first kappa shape index (κ1) is 8.24. The predicted molar refractivity (Wildman–Crippen MR) is 43.8 cm³/mol. The van der Waals surface area contributed by atoms with Gasteiger partial charge in [-0.2, -0.15) is 0 Å². The first-order chi connectivity index (χ1) is 5.13. The second-order valence-electron chi connectivity index (χ2n) is 3.05. The molecular weight excluding hydrogens is 140 g/mol. The maximum Gasteiger partial charge on any atom is 0.152 e. The van der Waals surface area contributed by atoms with Crippen LogP contribution in [0.2, 0.25) is 0 Å². The van der Waals surface area contributed by atoms with E-state index in [0.717, 1.165) is 19.4 Å². The summed E-state index contributed by atoms with van der Waals surface area (Å²) in [6, 6.07) is -0.00694. The Bertz CT molecular complexity index is 169. The number of ketones is 1. The maximum atomic E-state index is 11.0. The van der Waals surface area contributed by atoms with Crippen molar-refractivity contribution in [2.24, 2.45) is 0 Å². The van der Waals surface area contributed by atoms with Crippen LogP contribution in [0, 0.1) is 5.41 Å². The van der Waals surface area contributed by atoms with Gasteiger partial charge in [0.15, 0.2) is 5.78 Å². The number of likely N-dealkylation sites (tertiary alicyclic amines) is 1. The predicted octanol–water partition coefficient (Wildman–Crippen LogP) is 1.04. The lowest BCUT2D eigenvalue weighted by molar-refractivity contribution is -0.120. The Morgan fingerprint density at radius 3 is 2.55 bits per heavy atom. The van der Waals surface area contributed by atoms with Gasteiger partial charge in [0.25, 0.3) is 0 Å². The third-order valence-electron chi connectivity index (χ3n) is 2.15. The average molecular weight is 154 g/mol. The molecule has 0 aromatic heterocycles. The van der Waals surface area contributed by atoms with Gasteiger partial charge in [-0.05, 0) is 26.7 Å². The lowest BCUT2D eigenvalue weighted by Crippen LogP contribution is -2.37. The van der Waals surface area contributed by atoms with Crippen LogP contribution in [0.25, 0.3) is 0 Å². The Labute approximate surface area is 66.9 Å². The summed E-state index contributed by atoms with van der Waals surface area (Å²) in [7, 11) is 0.